The highest BCUT2D eigenvalue weighted by atomic mass is 14.1. The van der Waals surface area contributed by atoms with Crippen LogP contribution in [-0.4, -0.2) is 0 Å². The fraction of sp³-hybridized carbons (Fsp3) is 0.421. The summed E-state index contributed by atoms with van der Waals surface area (Å²) in [6.07, 6.45) is 14.9. The van der Waals surface area contributed by atoms with Gasteiger partial charge in [0.25, 0.3) is 0 Å². The molecule has 0 aromatic heterocycles. The van der Waals surface area contributed by atoms with Crippen LogP contribution in [0.1, 0.15) is 101 Å². The van der Waals surface area contributed by atoms with Crippen LogP contribution < -0.4 is 0 Å². The molecule has 0 nitrogen and oxygen atoms in total. The zero-order valence-electron chi connectivity index (χ0n) is 24.3. The second-order valence-corrected chi connectivity index (χ2v) is 11.6. The maximum Gasteiger partial charge on any atom is -0.0171 e. The molecule has 0 aliphatic rings. The van der Waals surface area contributed by atoms with E-state index in [9.17, 15) is 0 Å². The number of rotatable bonds is 12. The van der Waals surface area contributed by atoms with E-state index in [-0.39, 0.29) is 0 Å². The van der Waals surface area contributed by atoms with Crippen LogP contribution in [0, 0.1) is 0 Å². The summed E-state index contributed by atoms with van der Waals surface area (Å²) in [5.41, 5.74) is 6.27. The molecule has 0 unspecified atom stereocenters. The van der Waals surface area contributed by atoms with E-state index in [4.69, 9.17) is 0 Å². The number of unbranched alkanes of at least 4 members (excludes halogenated alkanes) is 4. The Kier molecular flexibility index (Phi) is 8.68. The Morgan fingerprint density at radius 2 is 0.474 bits per heavy atom. The van der Waals surface area contributed by atoms with E-state index in [0.29, 0.717) is 0 Å². The molecule has 0 bridgehead atoms. The molecule has 0 radical (unpaired) electrons. The van der Waals surface area contributed by atoms with E-state index in [2.05, 4.69) is 88.4 Å². The summed E-state index contributed by atoms with van der Waals surface area (Å²) in [5, 5.41) is 11.0. The minimum atomic E-state index is 1.20. The molecule has 5 rings (SSSR count). The first kappa shape index (κ1) is 26.7. The molecule has 5 aromatic rings. The number of fused-ring (bicyclic) bond motifs is 4. The van der Waals surface area contributed by atoms with Gasteiger partial charge in [0.15, 0.2) is 0 Å². The van der Waals surface area contributed by atoms with Crippen molar-refractivity contribution in [1.82, 2.24) is 0 Å². The van der Waals surface area contributed by atoms with Gasteiger partial charge in [0.1, 0.15) is 0 Å². The quantitative estimate of drug-likeness (QED) is 0.149. The Hall–Kier alpha value is -2.86. The van der Waals surface area contributed by atoms with Crippen LogP contribution in [-0.2, 0) is 25.7 Å². The third-order valence-electron chi connectivity index (χ3n) is 8.54. The number of hydrogen-bond donors (Lipinski definition) is 0. The SMILES string of the molecule is CCCCc1cc2cc3cc4cc5cc(CCCC)c(CCCC)cc5cc4cc3cc2cc1CCCC. The van der Waals surface area contributed by atoms with Gasteiger partial charge in [-0.1, -0.05) is 77.6 Å². The number of aryl methyl sites for hydroxylation is 4. The van der Waals surface area contributed by atoms with Crippen molar-refractivity contribution in [3.63, 3.8) is 0 Å². The van der Waals surface area contributed by atoms with Crippen LogP contribution in [0.15, 0.2) is 60.7 Å². The highest BCUT2D eigenvalue weighted by Gasteiger charge is 2.10. The summed E-state index contributed by atoms with van der Waals surface area (Å²) in [6.45, 7) is 9.20. The summed E-state index contributed by atoms with van der Waals surface area (Å²) in [4.78, 5) is 0. The number of benzene rings is 5. The lowest BCUT2D eigenvalue weighted by atomic mass is 9.91. The van der Waals surface area contributed by atoms with E-state index < -0.39 is 0 Å². The molecule has 0 N–H and O–H groups in total. The van der Waals surface area contributed by atoms with Crippen molar-refractivity contribution in [3.8, 4) is 0 Å². The van der Waals surface area contributed by atoms with E-state index in [1.54, 1.807) is 22.3 Å². The van der Waals surface area contributed by atoms with Gasteiger partial charge in [-0.05, 0) is 153 Å². The molecule has 0 saturated carbocycles. The molecule has 0 aliphatic carbocycles. The van der Waals surface area contributed by atoms with Gasteiger partial charge in [0, 0.05) is 0 Å². The van der Waals surface area contributed by atoms with Gasteiger partial charge in [-0.2, -0.15) is 0 Å². The molecule has 0 spiro atoms. The molecule has 0 heteroatoms. The van der Waals surface area contributed by atoms with Crippen LogP contribution in [0.4, 0.5) is 0 Å². The second kappa shape index (κ2) is 12.3. The first-order chi connectivity index (χ1) is 18.6. The highest BCUT2D eigenvalue weighted by Crippen LogP contribution is 2.33. The Labute approximate surface area is 230 Å². The fourth-order valence-corrected chi connectivity index (χ4v) is 6.19. The second-order valence-electron chi connectivity index (χ2n) is 11.6. The van der Waals surface area contributed by atoms with E-state index >= 15 is 0 Å². The first-order valence-corrected chi connectivity index (χ1v) is 15.5. The van der Waals surface area contributed by atoms with Crippen molar-refractivity contribution in [2.24, 2.45) is 0 Å². The van der Waals surface area contributed by atoms with Crippen molar-refractivity contribution in [2.75, 3.05) is 0 Å². The standard InChI is InChI=1S/C38H46/c1-5-9-13-27-17-31-21-35-25-37-23-33-19-29(15-11-7-3)30(16-12-8-4)20-34(33)24-38(37)26-36(35)22-32(31)18-28(27)14-10-6-2/h17-26H,5-16H2,1-4H3. The molecule has 0 fully saturated rings. The maximum absolute atomic E-state index is 2.50. The van der Waals surface area contributed by atoms with Crippen LogP contribution in [0.5, 0.6) is 0 Å². The molecule has 0 saturated heterocycles. The topological polar surface area (TPSA) is 0 Å². The minimum Gasteiger partial charge on any atom is -0.0654 e. The third kappa shape index (κ3) is 5.75. The summed E-state index contributed by atoms with van der Waals surface area (Å²) < 4.78 is 0. The van der Waals surface area contributed by atoms with Gasteiger partial charge in [-0.25, -0.2) is 0 Å². The molecular weight excluding hydrogens is 456 g/mol. The summed E-state index contributed by atoms with van der Waals surface area (Å²) in [5.74, 6) is 0. The van der Waals surface area contributed by atoms with Gasteiger partial charge in [-0.15, -0.1) is 0 Å². The van der Waals surface area contributed by atoms with Gasteiger partial charge >= 0.3 is 0 Å². The molecule has 0 amide bonds. The lowest BCUT2D eigenvalue weighted by Gasteiger charge is -2.14. The molecular formula is C38H46. The smallest absolute Gasteiger partial charge is 0.0171 e. The van der Waals surface area contributed by atoms with Crippen molar-refractivity contribution in [2.45, 2.75) is 105 Å². The van der Waals surface area contributed by atoms with Crippen LogP contribution in [0.25, 0.3) is 43.1 Å². The van der Waals surface area contributed by atoms with Crippen molar-refractivity contribution in [3.05, 3.63) is 82.9 Å². The van der Waals surface area contributed by atoms with Crippen LogP contribution >= 0.6 is 0 Å². The van der Waals surface area contributed by atoms with E-state index in [1.165, 1.54) is 120 Å². The largest absolute Gasteiger partial charge is 0.0654 e. The molecule has 198 valence electrons. The average molecular weight is 503 g/mol. The summed E-state index contributed by atoms with van der Waals surface area (Å²) in [7, 11) is 0. The average Bonchev–Trinajstić information content (AvgIpc) is 2.93. The Bertz CT molecular complexity index is 1320. The molecule has 38 heavy (non-hydrogen) atoms. The van der Waals surface area contributed by atoms with Gasteiger partial charge < -0.3 is 0 Å². The third-order valence-corrected chi connectivity index (χ3v) is 8.54. The van der Waals surface area contributed by atoms with E-state index in [0.717, 1.165) is 0 Å². The van der Waals surface area contributed by atoms with Crippen LogP contribution in [0.2, 0.25) is 0 Å². The first-order valence-electron chi connectivity index (χ1n) is 15.5. The highest BCUT2D eigenvalue weighted by molar-refractivity contribution is 6.08. The fourth-order valence-electron chi connectivity index (χ4n) is 6.19. The maximum atomic E-state index is 2.50. The molecule has 0 heterocycles. The zero-order valence-corrected chi connectivity index (χ0v) is 24.3. The Morgan fingerprint density at radius 1 is 0.289 bits per heavy atom. The molecule has 0 aliphatic heterocycles. The summed E-state index contributed by atoms with van der Waals surface area (Å²) >= 11 is 0. The number of hydrogen-bond acceptors (Lipinski definition) is 0. The predicted molar refractivity (Wildman–Crippen MR) is 171 cm³/mol. The predicted octanol–water partition coefficient (Wildman–Crippen LogP) is 11.7. The molecule has 0 atom stereocenters. The zero-order chi connectivity index (χ0) is 26.5. The van der Waals surface area contributed by atoms with Crippen molar-refractivity contribution in [1.29, 1.82) is 0 Å². The lowest BCUT2D eigenvalue weighted by Crippen LogP contribution is -1.96. The normalized spacial score (nSPS) is 11.9. The monoisotopic (exact) mass is 502 g/mol. The summed E-state index contributed by atoms with van der Waals surface area (Å²) in [6, 6.07) is 24.6. The van der Waals surface area contributed by atoms with Crippen molar-refractivity contribution < 1.29 is 0 Å². The van der Waals surface area contributed by atoms with Crippen molar-refractivity contribution >= 4 is 43.1 Å². The minimum absolute atomic E-state index is 1.20. The van der Waals surface area contributed by atoms with Gasteiger partial charge in [-0.3, -0.25) is 0 Å². The van der Waals surface area contributed by atoms with Crippen LogP contribution in [0.3, 0.4) is 0 Å². The molecule has 5 aromatic carbocycles. The van der Waals surface area contributed by atoms with Gasteiger partial charge in [0.2, 0.25) is 0 Å². The Balaban J connectivity index is 1.62. The Morgan fingerprint density at radius 3 is 0.658 bits per heavy atom. The lowest BCUT2D eigenvalue weighted by molar-refractivity contribution is 0.759. The van der Waals surface area contributed by atoms with E-state index in [1.807, 2.05) is 0 Å². The van der Waals surface area contributed by atoms with Gasteiger partial charge in [0.05, 0.1) is 0 Å².